The molecule has 1 heterocycles. The van der Waals surface area contributed by atoms with Crippen molar-refractivity contribution in [1.29, 1.82) is 0 Å². The van der Waals surface area contributed by atoms with E-state index in [1.165, 1.54) is 6.42 Å². The van der Waals surface area contributed by atoms with Gasteiger partial charge in [0.2, 0.25) is 0 Å². The molecule has 16 heavy (non-hydrogen) atoms. The van der Waals surface area contributed by atoms with Crippen LogP contribution in [0, 0.1) is 12.3 Å². The van der Waals surface area contributed by atoms with E-state index in [0.29, 0.717) is 6.04 Å². The summed E-state index contributed by atoms with van der Waals surface area (Å²) in [4.78, 5) is 2.32. The molecule has 2 rings (SSSR count). The average Bonchev–Trinajstić information content (AvgIpc) is 2.26. The molecule has 0 unspecified atom stereocenters. The van der Waals surface area contributed by atoms with Crippen molar-refractivity contribution in [3.8, 4) is 12.3 Å². The molecular formula is C13H22N2O. The van der Waals surface area contributed by atoms with Crippen molar-refractivity contribution in [2.45, 2.75) is 43.7 Å². The number of hydrogen-bond donors (Lipinski definition) is 2. The van der Waals surface area contributed by atoms with E-state index in [-0.39, 0.29) is 0 Å². The Morgan fingerprint density at radius 2 is 2.06 bits per heavy atom. The molecule has 3 nitrogen and oxygen atoms in total. The van der Waals surface area contributed by atoms with Crippen molar-refractivity contribution < 1.29 is 5.11 Å². The summed E-state index contributed by atoms with van der Waals surface area (Å²) in [6, 6.07) is 0.568. The maximum atomic E-state index is 9.98. The third-order valence-electron chi connectivity index (χ3n) is 3.91. The fourth-order valence-electron chi connectivity index (χ4n) is 2.52. The largest absolute Gasteiger partial charge is 0.389 e. The molecule has 0 bridgehead atoms. The predicted octanol–water partition coefficient (Wildman–Crippen LogP) is 0.589. The lowest BCUT2D eigenvalue weighted by atomic mass is 9.80. The molecule has 90 valence electrons. The van der Waals surface area contributed by atoms with Crippen LogP contribution in [-0.2, 0) is 0 Å². The minimum atomic E-state index is -0.393. The summed E-state index contributed by atoms with van der Waals surface area (Å²) in [7, 11) is 0. The summed E-state index contributed by atoms with van der Waals surface area (Å²) in [6.07, 6.45) is 10.7. The SMILES string of the molecule is C#CCN1CCC(NCC2(O)CCC2)CC1. The molecule has 0 aromatic heterocycles. The van der Waals surface area contributed by atoms with E-state index in [4.69, 9.17) is 6.42 Å². The van der Waals surface area contributed by atoms with Crippen LogP contribution in [0.1, 0.15) is 32.1 Å². The Balaban J connectivity index is 1.64. The maximum absolute atomic E-state index is 9.98. The van der Waals surface area contributed by atoms with Crippen molar-refractivity contribution in [2.24, 2.45) is 0 Å². The molecule has 2 fully saturated rings. The molecule has 0 spiro atoms. The highest BCUT2D eigenvalue weighted by Gasteiger charge is 2.34. The van der Waals surface area contributed by atoms with Crippen LogP contribution in [0.15, 0.2) is 0 Å². The summed E-state index contributed by atoms with van der Waals surface area (Å²) < 4.78 is 0. The first kappa shape index (κ1) is 11.9. The van der Waals surface area contributed by atoms with E-state index >= 15 is 0 Å². The van der Waals surface area contributed by atoms with Crippen molar-refractivity contribution in [2.75, 3.05) is 26.2 Å². The van der Waals surface area contributed by atoms with Crippen LogP contribution in [0.4, 0.5) is 0 Å². The van der Waals surface area contributed by atoms with Crippen molar-refractivity contribution in [3.63, 3.8) is 0 Å². The third kappa shape index (κ3) is 2.98. The summed E-state index contributed by atoms with van der Waals surface area (Å²) in [6.45, 7) is 3.71. The fraction of sp³-hybridized carbons (Fsp3) is 0.846. The predicted molar refractivity (Wildman–Crippen MR) is 65.1 cm³/mol. The molecule has 0 amide bonds. The zero-order valence-electron chi connectivity index (χ0n) is 9.91. The summed E-state index contributed by atoms with van der Waals surface area (Å²) in [5.74, 6) is 2.69. The highest BCUT2D eigenvalue weighted by atomic mass is 16.3. The minimum absolute atomic E-state index is 0.393. The number of hydrogen-bond acceptors (Lipinski definition) is 3. The molecular weight excluding hydrogens is 200 g/mol. The molecule has 2 aliphatic rings. The number of rotatable bonds is 4. The molecule has 0 atom stereocenters. The molecule has 0 aromatic carbocycles. The molecule has 0 radical (unpaired) electrons. The van der Waals surface area contributed by atoms with Gasteiger partial charge in [-0.25, -0.2) is 0 Å². The number of nitrogens with zero attached hydrogens (tertiary/aromatic N) is 1. The fourth-order valence-corrected chi connectivity index (χ4v) is 2.52. The van der Waals surface area contributed by atoms with Crippen LogP contribution in [0.3, 0.4) is 0 Å². The zero-order chi connectivity index (χ0) is 11.4. The van der Waals surface area contributed by atoms with Crippen LogP contribution in [0.2, 0.25) is 0 Å². The van der Waals surface area contributed by atoms with E-state index in [1.54, 1.807) is 0 Å². The topological polar surface area (TPSA) is 35.5 Å². The summed E-state index contributed by atoms with van der Waals surface area (Å²) in [5, 5.41) is 13.5. The first-order valence-electron chi connectivity index (χ1n) is 6.33. The lowest BCUT2D eigenvalue weighted by molar-refractivity contribution is -0.0344. The van der Waals surface area contributed by atoms with Crippen molar-refractivity contribution in [1.82, 2.24) is 10.2 Å². The Kier molecular flexibility index (Phi) is 3.86. The Bertz CT molecular complexity index is 260. The quantitative estimate of drug-likeness (QED) is 0.683. The van der Waals surface area contributed by atoms with Gasteiger partial charge in [-0.1, -0.05) is 5.92 Å². The second kappa shape index (κ2) is 5.18. The Morgan fingerprint density at radius 1 is 1.38 bits per heavy atom. The van der Waals surface area contributed by atoms with Crippen LogP contribution in [0.5, 0.6) is 0 Å². The second-order valence-corrected chi connectivity index (χ2v) is 5.21. The molecule has 0 aromatic rings. The lowest BCUT2D eigenvalue weighted by Crippen LogP contribution is -2.51. The van der Waals surface area contributed by atoms with Gasteiger partial charge in [0.15, 0.2) is 0 Å². The average molecular weight is 222 g/mol. The Hall–Kier alpha value is -0.560. The van der Waals surface area contributed by atoms with Crippen molar-refractivity contribution in [3.05, 3.63) is 0 Å². The van der Waals surface area contributed by atoms with E-state index < -0.39 is 5.60 Å². The van der Waals surface area contributed by atoms with E-state index in [9.17, 15) is 5.11 Å². The highest BCUT2D eigenvalue weighted by molar-refractivity contribution is 4.93. The molecule has 3 heteroatoms. The highest BCUT2D eigenvalue weighted by Crippen LogP contribution is 2.30. The van der Waals surface area contributed by atoms with Gasteiger partial charge in [-0.3, -0.25) is 4.90 Å². The Morgan fingerprint density at radius 3 is 2.56 bits per heavy atom. The van der Waals surface area contributed by atoms with E-state index in [2.05, 4.69) is 16.1 Å². The minimum Gasteiger partial charge on any atom is -0.389 e. The second-order valence-electron chi connectivity index (χ2n) is 5.21. The van der Waals surface area contributed by atoms with Gasteiger partial charge in [0, 0.05) is 25.7 Å². The lowest BCUT2D eigenvalue weighted by Gasteiger charge is -2.39. The van der Waals surface area contributed by atoms with Crippen molar-refractivity contribution >= 4 is 0 Å². The summed E-state index contributed by atoms with van der Waals surface area (Å²) >= 11 is 0. The number of aliphatic hydroxyl groups is 1. The molecule has 2 N–H and O–H groups in total. The van der Waals surface area contributed by atoms with Gasteiger partial charge in [0.05, 0.1) is 12.1 Å². The molecule has 1 aliphatic heterocycles. The number of likely N-dealkylation sites (tertiary alicyclic amines) is 1. The monoisotopic (exact) mass is 222 g/mol. The van der Waals surface area contributed by atoms with Gasteiger partial charge >= 0.3 is 0 Å². The first-order valence-corrected chi connectivity index (χ1v) is 6.33. The smallest absolute Gasteiger partial charge is 0.0771 e. The number of terminal acetylenes is 1. The Labute approximate surface area is 98.2 Å². The standard InChI is InChI=1S/C13H22N2O/c1-2-8-15-9-4-12(5-10-15)14-11-13(16)6-3-7-13/h1,12,14,16H,3-11H2. The third-order valence-corrected chi connectivity index (χ3v) is 3.91. The van der Waals surface area contributed by atoms with Gasteiger partial charge in [0.1, 0.15) is 0 Å². The van der Waals surface area contributed by atoms with Crippen LogP contribution >= 0.6 is 0 Å². The van der Waals surface area contributed by atoms with Gasteiger partial charge in [0.25, 0.3) is 0 Å². The molecule has 1 saturated heterocycles. The molecule has 1 saturated carbocycles. The maximum Gasteiger partial charge on any atom is 0.0771 e. The molecule has 1 aliphatic carbocycles. The van der Waals surface area contributed by atoms with Gasteiger partial charge in [-0.05, 0) is 32.1 Å². The normalized spacial score (nSPS) is 26.0. The first-order chi connectivity index (χ1) is 7.72. The van der Waals surface area contributed by atoms with E-state index in [1.807, 2.05) is 0 Å². The summed E-state index contributed by atoms with van der Waals surface area (Å²) in [5.41, 5.74) is -0.393. The number of nitrogens with one attached hydrogen (secondary N) is 1. The van der Waals surface area contributed by atoms with Crippen LogP contribution in [-0.4, -0.2) is 47.8 Å². The zero-order valence-corrected chi connectivity index (χ0v) is 9.91. The van der Waals surface area contributed by atoms with Crippen LogP contribution < -0.4 is 5.32 Å². The van der Waals surface area contributed by atoms with E-state index in [0.717, 1.165) is 51.9 Å². The van der Waals surface area contributed by atoms with Gasteiger partial charge in [-0.2, -0.15) is 0 Å². The van der Waals surface area contributed by atoms with Crippen LogP contribution in [0.25, 0.3) is 0 Å². The number of piperidine rings is 1. The van der Waals surface area contributed by atoms with Gasteiger partial charge in [-0.15, -0.1) is 6.42 Å². The van der Waals surface area contributed by atoms with Gasteiger partial charge < -0.3 is 10.4 Å².